The van der Waals surface area contributed by atoms with E-state index in [9.17, 15) is 0 Å². The van der Waals surface area contributed by atoms with Gasteiger partial charge in [-0.1, -0.05) is 19.8 Å². The van der Waals surface area contributed by atoms with E-state index in [1.807, 2.05) is 6.92 Å². The number of anilines is 1. The van der Waals surface area contributed by atoms with Gasteiger partial charge in [0.25, 0.3) is 0 Å². The SMILES string of the molecule is Cc1nc(NC2CCCC(C)C2)ccc1Br. The Kier molecular flexibility index (Phi) is 3.85. The van der Waals surface area contributed by atoms with E-state index in [4.69, 9.17) is 0 Å². The van der Waals surface area contributed by atoms with Crippen molar-refractivity contribution in [2.45, 2.75) is 45.6 Å². The molecule has 1 aromatic heterocycles. The highest BCUT2D eigenvalue weighted by molar-refractivity contribution is 9.10. The zero-order valence-electron chi connectivity index (χ0n) is 9.96. The molecule has 1 aliphatic rings. The minimum Gasteiger partial charge on any atom is -0.367 e. The molecule has 0 aliphatic heterocycles. The maximum Gasteiger partial charge on any atom is 0.126 e. The standard InChI is InChI=1S/C13H19BrN2/c1-9-4-3-5-11(8-9)16-13-7-6-12(14)10(2)15-13/h6-7,9,11H,3-5,8H2,1-2H3,(H,15,16). The normalized spacial score (nSPS) is 25.4. The van der Waals surface area contributed by atoms with E-state index < -0.39 is 0 Å². The van der Waals surface area contributed by atoms with E-state index in [1.54, 1.807) is 0 Å². The maximum atomic E-state index is 4.53. The molecule has 2 nitrogen and oxygen atoms in total. The number of halogens is 1. The van der Waals surface area contributed by atoms with Crippen LogP contribution in [0.3, 0.4) is 0 Å². The topological polar surface area (TPSA) is 24.9 Å². The van der Waals surface area contributed by atoms with Gasteiger partial charge in [-0.05, 0) is 53.7 Å². The number of pyridine rings is 1. The molecule has 3 heteroatoms. The Morgan fingerprint density at radius 3 is 2.88 bits per heavy atom. The molecule has 0 saturated heterocycles. The van der Waals surface area contributed by atoms with Crippen LogP contribution in [0.1, 0.15) is 38.3 Å². The van der Waals surface area contributed by atoms with Crippen LogP contribution in [0, 0.1) is 12.8 Å². The predicted molar refractivity (Wildman–Crippen MR) is 71.7 cm³/mol. The van der Waals surface area contributed by atoms with Gasteiger partial charge in [0, 0.05) is 10.5 Å². The molecule has 1 heterocycles. The molecule has 2 rings (SSSR count). The zero-order valence-corrected chi connectivity index (χ0v) is 11.5. The molecule has 0 aromatic carbocycles. The Labute approximate surface area is 106 Å². The van der Waals surface area contributed by atoms with Crippen LogP contribution in [-0.4, -0.2) is 11.0 Å². The first-order valence-electron chi connectivity index (χ1n) is 6.05. The molecule has 2 atom stereocenters. The first-order chi connectivity index (χ1) is 7.65. The van der Waals surface area contributed by atoms with E-state index in [0.29, 0.717) is 6.04 Å². The molecule has 88 valence electrons. The summed E-state index contributed by atoms with van der Waals surface area (Å²) in [6.45, 7) is 4.37. The van der Waals surface area contributed by atoms with Crippen molar-refractivity contribution in [3.8, 4) is 0 Å². The Bertz CT molecular complexity index is 365. The van der Waals surface area contributed by atoms with Crippen LogP contribution in [0.2, 0.25) is 0 Å². The first-order valence-corrected chi connectivity index (χ1v) is 6.84. The molecule has 1 saturated carbocycles. The number of hydrogen-bond donors (Lipinski definition) is 1. The number of nitrogens with zero attached hydrogens (tertiary/aromatic N) is 1. The van der Waals surface area contributed by atoms with Crippen molar-refractivity contribution in [3.05, 3.63) is 22.3 Å². The van der Waals surface area contributed by atoms with Gasteiger partial charge in [0.05, 0.1) is 5.69 Å². The van der Waals surface area contributed by atoms with E-state index in [2.05, 4.69) is 45.3 Å². The highest BCUT2D eigenvalue weighted by Crippen LogP contribution is 2.26. The molecule has 1 aromatic rings. The van der Waals surface area contributed by atoms with Crippen molar-refractivity contribution in [1.82, 2.24) is 4.98 Å². The van der Waals surface area contributed by atoms with Gasteiger partial charge in [0.1, 0.15) is 5.82 Å². The largest absolute Gasteiger partial charge is 0.367 e. The minimum atomic E-state index is 0.608. The Hall–Kier alpha value is -0.570. The number of rotatable bonds is 2. The van der Waals surface area contributed by atoms with E-state index in [0.717, 1.165) is 21.9 Å². The molecule has 16 heavy (non-hydrogen) atoms. The van der Waals surface area contributed by atoms with Gasteiger partial charge < -0.3 is 5.32 Å². The fourth-order valence-electron chi connectivity index (χ4n) is 2.40. The van der Waals surface area contributed by atoms with Gasteiger partial charge in [-0.3, -0.25) is 0 Å². The Balaban J connectivity index is 2.00. The fourth-order valence-corrected chi connectivity index (χ4v) is 2.62. The van der Waals surface area contributed by atoms with Crippen molar-refractivity contribution in [3.63, 3.8) is 0 Å². The quantitative estimate of drug-likeness (QED) is 0.882. The summed E-state index contributed by atoms with van der Waals surface area (Å²) in [7, 11) is 0. The van der Waals surface area contributed by atoms with Crippen LogP contribution in [0.15, 0.2) is 16.6 Å². The van der Waals surface area contributed by atoms with E-state index >= 15 is 0 Å². The van der Waals surface area contributed by atoms with Crippen molar-refractivity contribution >= 4 is 21.7 Å². The lowest BCUT2D eigenvalue weighted by Crippen LogP contribution is -2.26. The fraction of sp³-hybridized carbons (Fsp3) is 0.615. The van der Waals surface area contributed by atoms with Gasteiger partial charge in [-0.2, -0.15) is 0 Å². The van der Waals surface area contributed by atoms with Crippen molar-refractivity contribution in [2.24, 2.45) is 5.92 Å². The van der Waals surface area contributed by atoms with Crippen LogP contribution < -0.4 is 5.32 Å². The second kappa shape index (κ2) is 5.17. The number of hydrogen-bond acceptors (Lipinski definition) is 2. The van der Waals surface area contributed by atoms with Gasteiger partial charge in [0.15, 0.2) is 0 Å². The Morgan fingerprint density at radius 1 is 1.38 bits per heavy atom. The number of aryl methyl sites for hydroxylation is 1. The molecule has 2 unspecified atom stereocenters. The minimum absolute atomic E-state index is 0.608. The molecule has 1 N–H and O–H groups in total. The third-order valence-corrected chi connectivity index (χ3v) is 4.15. The second-order valence-corrected chi connectivity index (χ2v) is 5.73. The average Bonchev–Trinajstić information content (AvgIpc) is 2.24. The van der Waals surface area contributed by atoms with Gasteiger partial charge >= 0.3 is 0 Å². The van der Waals surface area contributed by atoms with Crippen LogP contribution in [0.5, 0.6) is 0 Å². The summed E-state index contributed by atoms with van der Waals surface area (Å²) < 4.78 is 1.08. The van der Waals surface area contributed by atoms with Gasteiger partial charge in [0.2, 0.25) is 0 Å². The molecule has 0 amide bonds. The van der Waals surface area contributed by atoms with Gasteiger partial charge in [-0.15, -0.1) is 0 Å². The van der Waals surface area contributed by atoms with E-state index in [-0.39, 0.29) is 0 Å². The van der Waals surface area contributed by atoms with Crippen molar-refractivity contribution in [1.29, 1.82) is 0 Å². The van der Waals surface area contributed by atoms with Crippen LogP contribution in [0.4, 0.5) is 5.82 Å². The lowest BCUT2D eigenvalue weighted by Gasteiger charge is -2.28. The smallest absolute Gasteiger partial charge is 0.126 e. The Morgan fingerprint density at radius 2 is 2.19 bits per heavy atom. The van der Waals surface area contributed by atoms with Crippen LogP contribution in [-0.2, 0) is 0 Å². The van der Waals surface area contributed by atoms with Crippen LogP contribution in [0.25, 0.3) is 0 Å². The number of nitrogens with one attached hydrogen (secondary N) is 1. The summed E-state index contributed by atoms with van der Waals surface area (Å²) in [6.07, 6.45) is 5.28. The average molecular weight is 283 g/mol. The lowest BCUT2D eigenvalue weighted by atomic mass is 9.87. The molecule has 0 bridgehead atoms. The summed E-state index contributed by atoms with van der Waals surface area (Å²) >= 11 is 3.47. The zero-order chi connectivity index (χ0) is 11.5. The number of aromatic nitrogens is 1. The third kappa shape index (κ3) is 2.97. The maximum absolute atomic E-state index is 4.53. The highest BCUT2D eigenvalue weighted by atomic mass is 79.9. The summed E-state index contributed by atoms with van der Waals surface area (Å²) in [6, 6.07) is 4.73. The summed E-state index contributed by atoms with van der Waals surface area (Å²) in [5.74, 6) is 1.86. The molecule has 0 radical (unpaired) electrons. The lowest BCUT2D eigenvalue weighted by molar-refractivity contribution is 0.358. The second-order valence-electron chi connectivity index (χ2n) is 4.88. The van der Waals surface area contributed by atoms with Gasteiger partial charge in [-0.25, -0.2) is 4.98 Å². The first kappa shape index (κ1) is 11.9. The third-order valence-electron chi connectivity index (χ3n) is 3.31. The molecule has 0 spiro atoms. The highest BCUT2D eigenvalue weighted by Gasteiger charge is 2.18. The van der Waals surface area contributed by atoms with E-state index in [1.165, 1.54) is 25.7 Å². The van der Waals surface area contributed by atoms with Crippen molar-refractivity contribution < 1.29 is 0 Å². The summed E-state index contributed by atoms with van der Waals surface area (Å²) in [4.78, 5) is 4.53. The van der Waals surface area contributed by atoms with Crippen molar-refractivity contribution in [2.75, 3.05) is 5.32 Å². The molecular formula is C13H19BrN2. The molecular weight excluding hydrogens is 264 g/mol. The molecule has 1 aliphatic carbocycles. The van der Waals surface area contributed by atoms with Crippen LogP contribution >= 0.6 is 15.9 Å². The molecule has 1 fully saturated rings. The summed E-state index contributed by atoms with van der Waals surface area (Å²) in [5, 5.41) is 3.55. The predicted octanol–water partition coefficient (Wildman–Crippen LogP) is 4.14. The summed E-state index contributed by atoms with van der Waals surface area (Å²) in [5.41, 5.74) is 1.05. The monoisotopic (exact) mass is 282 g/mol.